The number of rotatable bonds is 5. The molecule has 2 fully saturated rings. The van der Waals surface area contributed by atoms with Crippen molar-refractivity contribution in [1.82, 2.24) is 9.80 Å². The zero-order valence-corrected chi connectivity index (χ0v) is 12.9. The summed E-state index contributed by atoms with van der Waals surface area (Å²) >= 11 is 0. The lowest BCUT2D eigenvalue weighted by Gasteiger charge is -2.44. The van der Waals surface area contributed by atoms with Crippen LogP contribution in [-0.2, 0) is 0 Å². The number of aliphatic hydroxyl groups is 1. The van der Waals surface area contributed by atoms with E-state index in [2.05, 4.69) is 23.6 Å². The average molecular weight is 268 g/mol. The molecule has 1 heterocycles. The van der Waals surface area contributed by atoms with E-state index in [4.69, 9.17) is 0 Å². The van der Waals surface area contributed by atoms with Crippen LogP contribution >= 0.6 is 0 Å². The summed E-state index contributed by atoms with van der Waals surface area (Å²) in [6.45, 7) is 12.2. The first-order chi connectivity index (χ1) is 9.17. The molecular formula is C16H32N2O. The van der Waals surface area contributed by atoms with Gasteiger partial charge in [-0.3, -0.25) is 0 Å². The molecule has 3 heteroatoms. The van der Waals surface area contributed by atoms with Gasteiger partial charge in [0.05, 0.1) is 0 Å². The second-order valence-electron chi connectivity index (χ2n) is 6.98. The molecule has 1 aliphatic heterocycles. The van der Waals surface area contributed by atoms with Gasteiger partial charge in [-0.05, 0) is 31.7 Å². The molecule has 0 spiro atoms. The minimum absolute atomic E-state index is 0.199. The van der Waals surface area contributed by atoms with Gasteiger partial charge in [0.15, 0.2) is 0 Å². The van der Waals surface area contributed by atoms with Gasteiger partial charge in [-0.1, -0.05) is 26.7 Å². The maximum absolute atomic E-state index is 9.89. The molecule has 2 aliphatic rings. The molecule has 112 valence electrons. The summed E-state index contributed by atoms with van der Waals surface area (Å²) in [6, 6.07) is 0. The normalized spacial score (nSPS) is 34.6. The highest BCUT2D eigenvalue weighted by molar-refractivity contribution is 4.89. The molecule has 3 nitrogen and oxygen atoms in total. The molecular weight excluding hydrogens is 236 g/mol. The summed E-state index contributed by atoms with van der Waals surface area (Å²) in [7, 11) is 0. The van der Waals surface area contributed by atoms with Crippen LogP contribution < -0.4 is 0 Å². The Morgan fingerprint density at radius 1 is 1.16 bits per heavy atom. The molecule has 19 heavy (non-hydrogen) atoms. The second kappa shape index (κ2) is 7.05. The van der Waals surface area contributed by atoms with Gasteiger partial charge in [0.1, 0.15) is 0 Å². The fourth-order valence-electron chi connectivity index (χ4n) is 4.07. The standard InChI is InChI=1S/C16H32N2O/c1-3-7-17-8-10-18(11-9-17)13-16(14-19)6-4-5-15(2)12-16/h15,19H,3-14H2,1-2H3. The zero-order chi connectivity index (χ0) is 13.7. The monoisotopic (exact) mass is 268 g/mol. The second-order valence-corrected chi connectivity index (χ2v) is 6.98. The van der Waals surface area contributed by atoms with Gasteiger partial charge in [0.25, 0.3) is 0 Å². The van der Waals surface area contributed by atoms with Crippen LogP contribution in [0.25, 0.3) is 0 Å². The van der Waals surface area contributed by atoms with Crippen LogP contribution in [0.4, 0.5) is 0 Å². The quantitative estimate of drug-likeness (QED) is 0.828. The van der Waals surface area contributed by atoms with E-state index in [1.807, 2.05) is 0 Å². The van der Waals surface area contributed by atoms with E-state index >= 15 is 0 Å². The first-order valence-corrected chi connectivity index (χ1v) is 8.23. The number of nitrogens with zero attached hydrogens (tertiary/aromatic N) is 2. The van der Waals surface area contributed by atoms with Gasteiger partial charge >= 0.3 is 0 Å². The molecule has 0 amide bonds. The van der Waals surface area contributed by atoms with Crippen LogP contribution in [0.2, 0.25) is 0 Å². The number of aliphatic hydroxyl groups excluding tert-OH is 1. The van der Waals surface area contributed by atoms with Gasteiger partial charge in [0, 0.05) is 44.7 Å². The van der Waals surface area contributed by atoms with Crippen molar-refractivity contribution < 1.29 is 5.11 Å². The Labute approximate surface area is 119 Å². The Morgan fingerprint density at radius 3 is 2.42 bits per heavy atom. The highest BCUT2D eigenvalue weighted by Gasteiger charge is 2.36. The molecule has 0 bridgehead atoms. The van der Waals surface area contributed by atoms with Crippen LogP contribution in [0.1, 0.15) is 46.0 Å². The average Bonchev–Trinajstić information content (AvgIpc) is 2.41. The molecule has 1 saturated carbocycles. The van der Waals surface area contributed by atoms with Gasteiger partial charge in [0.2, 0.25) is 0 Å². The zero-order valence-electron chi connectivity index (χ0n) is 12.9. The van der Waals surface area contributed by atoms with E-state index < -0.39 is 0 Å². The Bertz CT molecular complexity index is 263. The van der Waals surface area contributed by atoms with Crippen LogP contribution in [0, 0.1) is 11.3 Å². The van der Waals surface area contributed by atoms with E-state index in [9.17, 15) is 5.11 Å². The van der Waals surface area contributed by atoms with Crippen molar-refractivity contribution in [2.24, 2.45) is 11.3 Å². The van der Waals surface area contributed by atoms with E-state index in [0.717, 1.165) is 12.5 Å². The molecule has 1 aliphatic carbocycles. The molecule has 0 radical (unpaired) electrons. The summed E-state index contributed by atoms with van der Waals surface area (Å²) in [4.78, 5) is 5.17. The molecule has 0 aromatic carbocycles. The van der Waals surface area contributed by atoms with Gasteiger partial charge in [-0.2, -0.15) is 0 Å². The summed E-state index contributed by atoms with van der Waals surface area (Å²) in [6.07, 6.45) is 6.36. The predicted octanol–water partition coefficient (Wildman–Crippen LogP) is 2.20. The molecule has 1 N–H and O–H groups in total. The van der Waals surface area contributed by atoms with Crippen molar-refractivity contribution >= 4 is 0 Å². The Morgan fingerprint density at radius 2 is 1.84 bits per heavy atom. The van der Waals surface area contributed by atoms with Gasteiger partial charge in [-0.25, -0.2) is 0 Å². The molecule has 0 aromatic rings. The maximum atomic E-state index is 9.89. The Kier molecular flexibility index (Phi) is 5.67. The number of piperazine rings is 1. The maximum Gasteiger partial charge on any atom is 0.0499 e. The van der Waals surface area contributed by atoms with Crippen LogP contribution in [0.5, 0.6) is 0 Å². The topological polar surface area (TPSA) is 26.7 Å². The van der Waals surface area contributed by atoms with Crippen LogP contribution in [-0.4, -0.2) is 60.8 Å². The Balaban J connectivity index is 1.82. The summed E-state index contributed by atoms with van der Waals surface area (Å²) < 4.78 is 0. The molecule has 2 atom stereocenters. The first kappa shape index (κ1) is 15.3. The van der Waals surface area contributed by atoms with Crippen molar-refractivity contribution in [2.45, 2.75) is 46.0 Å². The van der Waals surface area contributed by atoms with Crippen molar-refractivity contribution in [3.05, 3.63) is 0 Å². The highest BCUT2D eigenvalue weighted by atomic mass is 16.3. The fourth-order valence-corrected chi connectivity index (χ4v) is 4.07. The van der Waals surface area contributed by atoms with E-state index in [1.54, 1.807) is 0 Å². The molecule has 2 unspecified atom stereocenters. The van der Waals surface area contributed by atoms with E-state index in [0.29, 0.717) is 6.61 Å². The minimum Gasteiger partial charge on any atom is -0.396 e. The summed E-state index contributed by atoms with van der Waals surface area (Å²) in [5, 5.41) is 9.89. The molecule has 2 rings (SSSR count). The lowest BCUT2D eigenvalue weighted by molar-refractivity contribution is 0.00867. The SMILES string of the molecule is CCCN1CCN(CC2(CO)CCCC(C)C2)CC1. The Hall–Kier alpha value is -0.120. The summed E-state index contributed by atoms with van der Waals surface area (Å²) in [5.41, 5.74) is 0.199. The highest BCUT2D eigenvalue weighted by Crippen LogP contribution is 2.39. The van der Waals surface area contributed by atoms with E-state index in [1.165, 1.54) is 64.8 Å². The summed E-state index contributed by atoms with van der Waals surface area (Å²) in [5.74, 6) is 0.794. The third-order valence-corrected chi connectivity index (χ3v) is 5.08. The largest absolute Gasteiger partial charge is 0.396 e. The minimum atomic E-state index is 0.199. The lowest BCUT2D eigenvalue weighted by atomic mass is 9.70. The third kappa shape index (κ3) is 4.17. The molecule has 1 saturated heterocycles. The third-order valence-electron chi connectivity index (χ3n) is 5.08. The van der Waals surface area contributed by atoms with Gasteiger partial charge < -0.3 is 14.9 Å². The fraction of sp³-hybridized carbons (Fsp3) is 1.00. The predicted molar refractivity (Wildman–Crippen MR) is 80.3 cm³/mol. The van der Waals surface area contributed by atoms with Crippen LogP contribution in [0.15, 0.2) is 0 Å². The van der Waals surface area contributed by atoms with Crippen LogP contribution in [0.3, 0.4) is 0 Å². The van der Waals surface area contributed by atoms with Crippen molar-refractivity contribution in [1.29, 1.82) is 0 Å². The van der Waals surface area contributed by atoms with Crippen molar-refractivity contribution in [3.63, 3.8) is 0 Å². The lowest BCUT2D eigenvalue weighted by Crippen LogP contribution is -2.51. The smallest absolute Gasteiger partial charge is 0.0499 e. The van der Waals surface area contributed by atoms with Crippen molar-refractivity contribution in [2.75, 3.05) is 45.9 Å². The van der Waals surface area contributed by atoms with Crippen molar-refractivity contribution in [3.8, 4) is 0 Å². The number of hydrogen-bond donors (Lipinski definition) is 1. The van der Waals surface area contributed by atoms with Gasteiger partial charge in [-0.15, -0.1) is 0 Å². The van der Waals surface area contributed by atoms with E-state index in [-0.39, 0.29) is 5.41 Å². The molecule has 0 aromatic heterocycles. The first-order valence-electron chi connectivity index (χ1n) is 8.23. The number of hydrogen-bond acceptors (Lipinski definition) is 3.